The van der Waals surface area contributed by atoms with Gasteiger partial charge < -0.3 is 9.84 Å². The number of hydrogen-bond acceptors (Lipinski definition) is 6. The predicted molar refractivity (Wildman–Crippen MR) is 77.6 cm³/mol. The minimum atomic E-state index is 0. The van der Waals surface area contributed by atoms with Gasteiger partial charge in [-0.1, -0.05) is 5.16 Å². The first kappa shape index (κ1) is 14.5. The third-order valence-electron chi connectivity index (χ3n) is 3.22. The van der Waals surface area contributed by atoms with Crippen LogP contribution in [0.1, 0.15) is 12.8 Å². The van der Waals surface area contributed by atoms with E-state index in [9.17, 15) is 0 Å². The Labute approximate surface area is 122 Å². The molecule has 0 radical (unpaired) electrons. The minimum Gasteiger partial charge on any atom is -0.338 e. The lowest BCUT2D eigenvalue weighted by atomic mass is 10.2. The number of hydrogen-bond donors (Lipinski definition) is 1. The normalized spacial score (nSPS) is 20.2. The summed E-state index contributed by atoms with van der Waals surface area (Å²) in [5.74, 6) is 1.39. The molecule has 0 bridgehead atoms. The van der Waals surface area contributed by atoms with E-state index < -0.39 is 0 Å². The van der Waals surface area contributed by atoms with Crippen LogP contribution in [-0.2, 0) is 6.54 Å². The number of rotatable bonds is 3. The number of nitrogens with zero attached hydrogens (tertiary/aromatic N) is 3. The van der Waals surface area contributed by atoms with E-state index in [1.807, 2.05) is 16.8 Å². The number of piperazine rings is 1. The van der Waals surface area contributed by atoms with Gasteiger partial charge in [-0.25, -0.2) is 0 Å². The number of nitrogens with one attached hydrogen (secondary N) is 1. The molecule has 3 rings (SSSR count). The van der Waals surface area contributed by atoms with Gasteiger partial charge in [0.1, 0.15) is 0 Å². The summed E-state index contributed by atoms with van der Waals surface area (Å²) >= 11 is 1.64. The molecular weight excluding hydrogens is 284 g/mol. The topological polar surface area (TPSA) is 54.2 Å². The first-order chi connectivity index (χ1) is 8.83. The van der Waals surface area contributed by atoms with Crippen LogP contribution in [-0.4, -0.2) is 40.7 Å². The molecule has 2 aromatic rings. The van der Waals surface area contributed by atoms with Crippen molar-refractivity contribution < 1.29 is 4.52 Å². The minimum absolute atomic E-state index is 0. The standard InChI is InChI=1S/C12H16N4OS.ClH/c1-9-6-13-3-4-16(9)7-11-14-12(15-17-11)10-2-5-18-8-10;/h2,5,8-9,13H,3-4,6-7H2,1H3;1H/t9-;/m1./s1. The molecule has 0 saturated carbocycles. The van der Waals surface area contributed by atoms with E-state index >= 15 is 0 Å². The fourth-order valence-electron chi connectivity index (χ4n) is 2.12. The van der Waals surface area contributed by atoms with Crippen LogP contribution in [0.25, 0.3) is 11.4 Å². The number of aromatic nitrogens is 2. The van der Waals surface area contributed by atoms with Crippen molar-refractivity contribution in [3.05, 3.63) is 22.7 Å². The van der Waals surface area contributed by atoms with E-state index in [4.69, 9.17) is 4.52 Å². The fourth-order valence-corrected chi connectivity index (χ4v) is 2.75. The van der Waals surface area contributed by atoms with Gasteiger partial charge >= 0.3 is 0 Å². The lowest BCUT2D eigenvalue weighted by Crippen LogP contribution is -2.49. The quantitative estimate of drug-likeness (QED) is 0.940. The lowest BCUT2D eigenvalue weighted by molar-refractivity contribution is 0.146. The summed E-state index contributed by atoms with van der Waals surface area (Å²) in [6, 6.07) is 2.52. The summed E-state index contributed by atoms with van der Waals surface area (Å²) < 4.78 is 5.32. The maximum absolute atomic E-state index is 5.32. The molecule has 7 heteroatoms. The number of halogens is 1. The Balaban J connectivity index is 0.00000133. The first-order valence-electron chi connectivity index (χ1n) is 6.13. The molecule has 0 unspecified atom stereocenters. The molecular formula is C12H17ClN4OS. The molecule has 104 valence electrons. The van der Waals surface area contributed by atoms with E-state index in [-0.39, 0.29) is 12.4 Å². The van der Waals surface area contributed by atoms with Crippen molar-refractivity contribution in [1.82, 2.24) is 20.4 Å². The van der Waals surface area contributed by atoms with Crippen LogP contribution in [0.3, 0.4) is 0 Å². The molecule has 19 heavy (non-hydrogen) atoms. The molecule has 1 saturated heterocycles. The second-order valence-corrected chi connectivity index (χ2v) is 5.33. The van der Waals surface area contributed by atoms with Crippen LogP contribution >= 0.6 is 23.7 Å². The van der Waals surface area contributed by atoms with Crippen molar-refractivity contribution >= 4 is 23.7 Å². The van der Waals surface area contributed by atoms with Crippen molar-refractivity contribution in [3.63, 3.8) is 0 Å². The molecule has 0 spiro atoms. The Morgan fingerprint density at radius 2 is 2.47 bits per heavy atom. The Morgan fingerprint density at radius 1 is 1.58 bits per heavy atom. The van der Waals surface area contributed by atoms with Crippen molar-refractivity contribution in [1.29, 1.82) is 0 Å². The summed E-state index contributed by atoms with van der Waals surface area (Å²) in [5, 5.41) is 11.4. The summed E-state index contributed by atoms with van der Waals surface area (Å²) in [4.78, 5) is 6.81. The average molecular weight is 301 g/mol. The first-order valence-corrected chi connectivity index (χ1v) is 7.07. The van der Waals surface area contributed by atoms with Gasteiger partial charge in [-0.05, 0) is 18.4 Å². The van der Waals surface area contributed by atoms with E-state index in [1.54, 1.807) is 11.3 Å². The molecule has 3 heterocycles. The maximum Gasteiger partial charge on any atom is 0.241 e. The van der Waals surface area contributed by atoms with E-state index in [0.717, 1.165) is 31.7 Å². The molecule has 1 atom stereocenters. The lowest BCUT2D eigenvalue weighted by Gasteiger charge is -2.32. The monoisotopic (exact) mass is 300 g/mol. The molecule has 1 aliphatic heterocycles. The zero-order valence-corrected chi connectivity index (χ0v) is 12.3. The van der Waals surface area contributed by atoms with Gasteiger partial charge in [-0.2, -0.15) is 16.3 Å². The van der Waals surface area contributed by atoms with Gasteiger partial charge in [-0.15, -0.1) is 12.4 Å². The summed E-state index contributed by atoms with van der Waals surface area (Å²) in [6.07, 6.45) is 0. The van der Waals surface area contributed by atoms with E-state index in [0.29, 0.717) is 17.8 Å². The Kier molecular flexibility index (Phi) is 4.93. The molecule has 0 aromatic carbocycles. The molecule has 1 N–H and O–H groups in total. The highest BCUT2D eigenvalue weighted by Crippen LogP contribution is 2.19. The third-order valence-corrected chi connectivity index (χ3v) is 3.91. The van der Waals surface area contributed by atoms with Crippen molar-refractivity contribution in [2.75, 3.05) is 19.6 Å². The fraction of sp³-hybridized carbons (Fsp3) is 0.500. The summed E-state index contributed by atoms with van der Waals surface area (Å²) in [5.41, 5.74) is 1.03. The second-order valence-electron chi connectivity index (χ2n) is 4.55. The maximum atomic E-state index is 5.32. The van der Waals surface area contributed by atoms with Gasteiger partial charge in [0.15, 0.2) is 0 Å². The molecule has 1 aliphatic rings. The van der Waals surface area contributed by atoms with Crippen LogP contribution in [0.4, 0.5) is 0 Å². The average Bonchev–Trinajstić information content (AvgIpc) is 3.02. The van der Waals surface area contributed by atoms with E-state index in [1.165, 1.54) is 0 Å². The van der Waals surface area contributed by atoms with Crippen molar-refractivity contribution in [2.45, 2.75) is 19.5 Å². The van der Waals surface area contributed by atoms with E-state index in [2.05, 4.69) is 27.3 Å². The van der Waals surface area contributed by atoms with Gasteiger partial charge in [0.05, 0.1) is 6.54 Å². The van der Waals surface area contributed by atoms with Crippen molar-refractivity contribution in [2.24, 2.45) is 0 Å². The largest absolute Gasteiger partial charge is 0.338 e. The number of thiophene rings is 1. The highest BCUT2D eigenvalue weighted by atomic mass is 35.5. The molecule has 0 aliphatic carbocycles. The Bertz CT molecular complexity index is 502. The van der Waals surface area contributed by atoms with Gasteiger partial charge in [0, 0.05) is 36.6 Å². The Hall–Kier alpha value is -0.950. The second kappa shape index (κ2) is 6.47. The smallest absolute Gasteiger partial charge is 0.241 e. The predicted octanol–water partition coefficient (Wildman–Crippen LogP) is 2.01. The van der Waals surface area contributed by atoms with Gasteiger partial charge in [-0.3, -0.25) is 4.90 Å². The van der Waals surface area contributed by atoms with Gasteiger partial charge in [0.2, 0.25) is 11.7 Å². The molecule has 5 nitrogen and oxygen atoms in total. The highest BCUT2D eigenvalue weighted by Gasteiger charge is 2.20. The molecule has 2 aromatic heterocycles. The van der Waals surface area contributed by atoms with Crippen molar-refractivity contribution in [3.8, 4) is 11.4 Å². The van der Waals surface area contributed by atoms with Crippen LogP contribution in [0, 0.1) is 0 Å². The zero-order chi connectivity index (χ0) is 12.4. The van der Waals surface area contributed by atoms with Crippen LogP contribution < -0.4 is 5.32 Å². The molecule has 0 amide bonds. The molecule has 1 fully saturated rings. The third kappa shape index (κ3) is 3.33. The highest BCUT2D eigenvalue weighted by molar-refractivity contribution is 7.08. The Morgan fingerprint density at radius 3 is 3.21 bits per heavy atom. The van der Waals surface area contributed by atoms with Gasteiger partial charge in [0.25, 0.3) is 0 Å². The van der Waals surface area contributed by atoms with Crippen LogP contribution in [0.15, 0.2) is 21.3 Å². The zero-order valence-electron chi connectivity index (χ0n) is 10.7. The SMILES string of the molecule is C[C@@H]1CNCCN1Cc1nc(-c2ccsc2)no1.Cl. The van der Waals surface area contributed by atoms with Crippen LogP contribution in [0.5, 0.6) is 0 Å². The summed E-state index contributed by atoms with van der Waals surface area (Å²) in [6.45, 7) is 6.01. The summed E-state index contributed by atoms with van der Waals surface area (Å²) in [7, 11) is 0. The van der Waals surface area contributed by atoms with Crippen LogP contribution in [0.2, 0.25) is 0 Å².